The average molecular weight is 194 g/mol. The molecule has 0 aromatic heterocycles. The second-order valence-electron chi connectivity index (χ2n) is 4.09. The van der Waals surface area contributed by atoms with E-state index < -0.39 is 5.92 Å². The van der Waals surface area contributed by atoms with Crippen LogP contribution < -0.4 is 0 Å². The van der Waals surface area contributed by atoms with Crippen LogP contribution in [0.3, 0.4) is 0 Å². The molecule has 78 valence electrons. The van der Waals surface area contributed by atoms with Crippen molar-refractivity contribution in [1.29, 1.82) is 5.26 Å². The minimum Gasteiger partial charge on any atom is -0.342 e. The van der Waals surface area contributed by atoms with Crippen molar-refractivity contribution in [2.24, 2.45) is 5.92 Å². The summed E-state index contributed by atoms with van der Waals surface area (Å²) in [5, 5.41) is 8.65. The normalized spacial score (nSPS) is 19.8. The van der Waals surface area contributed by atoms with E-state index in [0.717, 1.165) is 12.8 Å². The molecule has 0 radical (unpaired) electrons. The van der Waals surface area contributed by atoms with Crippen molar-refractivity contribution in [3.8, 4) is 6.07 Å². The number of nitriles is 1. The standard InChI is InChI=1S/C11H18N2O/c1-9(8-12)11(14)13(2)10-6-4-3-5-7-10/h9-10H,3-7H2,1-2H3. The number of hydrogen-bond donors (Lipinski definition) is 0. The van der Waals surface area contributed by atoms with Crippen LogP contribution in [-0.2, 0) is 4.79 Å². The van der Waals surface area contributed by atoms with Crippen molar-refractivity contribution in [2.75, 3.05) is 7.05 Å². The fourth-order valence-electron chi connectivity index (χ4n) is 2.01. The van der Waals surface area contributed by atoms with Gasteiger partial charge < -0.3 is 4.90 Å². The first kappa shape index (κ1) is 11.0. The summed E-state index contributed by atoms with van der Waals surface area (Å²) >= 11 is 0. The van der Waals surface area contributed by atoms with Crippen molar-refractivity contribution >= 4 is 5.91 Å². The maximum absolute atomic E-state index is 11.7. The highest BCUT2D eigenvalue weighted by Crippen LogP contribution is 2.22. The number of nitrogens with zero attached hydrogens (tertiary/aromatic N) is 2. The van der Waals surface area contributed by atoms with Crippen molar-refractivity contribution in [1.82, 2.24) is 4.90 Å². The summed E-state index contributed by atoms with van der Waals surface area (Å²) in [6, 6.07) is 2.36. The molecule has 0 heterocycles. The molecule has 0 N–H and O–H groups in total. The van der Waals surface area contributed by atoms with Crippen molar-refractivity contribution in [3.05, 3.63) is 0 Å². The Bertz CT molecular complexity index is 238. The van der Waals surface area contributed by atoms with Gasteiger partial charge in [-0.15, -0.1) is 0 Å². The molecular formula is C11H18N2O. The lowest BCUT2D eigenvalue weighted by atomic mass is 9.94. The molecule has 0 bridgehead atoms. The van der Waals surface area contributed by atoms with Gasteiger partial charge in [0.15, 0.2) is 0 Å². The zero-order valence-corrected chi connectivity index (χ0v) is 8.99. The van der Waals surface area contributed by atoms with Gasteiger partial charge in [0.2, 0.25) is 5.91 Å². The van der Waals surface area contributed by atoms with Gasteiger partial charge in [-0.25, -0.2) is 0 Å². The van der Waals surface area contributed by atoms with E-state index in [0.29, 0.717) is 6.04 Å². The molecule has 1 saturated carbocycles. The first-order valence-electron chi connectivity index (χ1n) is 5.33. The van der Waals surface area contributed by atoms with E-state index in [1.54, 1.807) is 11.8 Å². The highest BCUT2D eigenvalue weighted by molar-refractivity contribution is 5.80. The third kappa shape index (κ3) is 2.47. The van der Waals surface area contributed by atoms with E-state index in [-0.39, 0.29) is 5.91 Å². The van der Waals surface area contributed by atoms with E-state index in [9.17, 15) is 4.79 Å². The fourth-order valence-corrected chi connectivity index (χ4v) is 2.01. The zero-order chi connectivity index (χ0) is 10.6. The quantitative estimate of drug-likeness (QED) is 0.674. The van der Waals surface area contributed by atoms with Crippen molar-refractivity contribution in [3.63, 3.8) is 0 Å². The molecule has 1 unspecified atom stereocenters. The van der Waals surface area contributed by atoms with Crippen molar-refractivity contribution < 1.29 is 4.79 Å². The molecular weight excluding hydrogens is 176 g/mol. The van der Waals surface area contributed by atoms with Crippen molar-refractivity contribution in [2.45, 2.75) is 45.1 Å². The summed E-state index contributed by atoms with van der Waals surface area (Å²) in [5.74, 6) is -0.527. The SMILES string of the molecule is CC(C#N)C(=O)N(C)C1CCCCC1. The van der Waals surface area contributed by atoms with Gasteiger partial charge in [-0.3, -0.25) is 4.79 Å². The maximum Gasteiger partial charge on any atom is 0.239 e. The Morgan fingerprint density at radius 2 is 2.00 bits per heavy atom. The Labute approximate surface area is 85.7 Å². The highest BCUT2D eigenvalue weighted by Gasteiger charge is 2.25. The molecule has 1 aliphatic carbocycles. The third-order valence-electron chi connectivity index (χ3n) is 3.03. The van der Waals surface area contributed by atoms with Crippen LogP contribution in [0.1, 0.15) is 39.0 Å². The van der Waals surface area contributed by atoms with Gasteiger partial charge in [-0.1, -0.05) is 19.3 Å². The summed E-state index contributed by atoms with van der Waals surface area (Å²) < 4.78 is 0. The van der Waals surface area contributed by atoms with Gasteiger partial charge >= 0.3 is 0 Å². The van der Waals surface area contributed by atoms with Gasteiger partial charge in [0, 0.05) is 13.1 Å². The van der Waals surface area contributed by atoms with Crippen LogP contribution in [0.15, 0.2) is 0 Å². The van der Waals surface area contributed by atoms with Gasteiger partial charge in [0.25, 0.3) is 0 Å². The molecule has 3 heteroatoms. The number of amides is 1. The third-order valence-corrected chi connectivity index (χ3v) is 3.03. The lowest BCUT2D eigenvalue weighted by molar-refractivity contribution is -0.134. The molecule has 14 heavy (non-hydrogen) atoms. The molecule has 0 aromatic carbocycles. The first-order valence-corrected chi connectivity index (χ1v) is 5.33. The smallest absolute Gasteiger partial charge is 0.239 e. The number of carbonyl (C=O) groups is 1. The molecule has 1 amide bonds. The lowest BCUT2D eigenvalue weighted by Gasteiger charge is -2.31. The van der Waals surface area contributed by atoms with E-state index in [1.807, 2.05) is 13.1 Å². The molecule has 1 atom stereocenters. The monoisotopic (exact) mass is 194 g/mol. The predicted molar refractivity (Wildman–Crippen MR) is 54.4 cm³/mol. The van der Waals surface area contributed by atoms with Gasteiger partial charge in [-0.05, 0) is 19.8 Å². The topological polar surface area (TPSA) is 44.1 Å². The molecule has 3 nitrogen and oxygen atoms in total. The average Bonchev–Trinajstić information content (AvgIpc) is 2.27. The van der Waals surface area contributed by atoms with E-state index in [4.69, 9.17) is 5.26 Å². The van der Waals surface area contributed by atoms with Crippen LogP contribution in [0.4, 0.5) is 0 Å². The zero-order valence-electron chi connectivity index (χ0n) is 8.99. The summed E-state index contributed by atoms with van der Waals surface area (Å²) in [6.45, 7) is 1.67. The molecule has 0 aliphatic heterocycles. The Hall–Kier alpha value is -1.04. The van der Waals surface area contributed by atoms with E-state index >= 15 is 0 Å². The minimum absolute atomic E-state index is 0.0283. The molecule has 0 aromatic rings. The molecule has 1 rings (SSSR count). The summed E-state index contributed by atoms with van der Waals surface area (Å²) in [7, 11) is 1.83. The Balaban J connectivity index is 2.51. The molecule has 1 fully saturated rings. The first-order chi connectivity index (χ1) is 6.66. The number of hydrogen-bond acceptors (Lipinski definition) is 2. The van der Waals surface area contributed by atoms with Crippen LogP contribution in [0.2, 0.25) is 0 Å². The van der Waals surface area contributed by atoms with Crippen LogP contribution in [0.5, 0.6) is 0 Å². The van der Waals surface area contributed by atoms with E-state index in [1.165, 1.54) is 19.3 Å². The molecule has 0 spiro atoms. The van der Waals surface area contributed by atoms with Crippen LogP contribution in [0, 0.1) is 17.2 Å². The summed E-state index contributed by atoms with van der Waals surface area (Å²) in [5.41, 5.74) is 0. The summed E-state index contributed by atoms with van der Waals surface area (Å²) in [6.07, 6.45) is 5.90. The fraction of sp³-hybridized carbons (Fsp3) is 0.818. The Morgan fingerprint density at radius 1 is 1.43 bits per heavy atom. The van der Waals surface area contributed by atoms with Crippen LogP contribution >= 0.6 is 0 Å². The van der Waals surface area contributed by atoms with Crippen LogP contribution in [-0.4, -0.2) is 23.9 Å². The Morgan fingerprint density at radius 3 is 2.50 bits per heavy atom. The van der Waals surface area contributed by atoms with E-state index in [2.05, 4.69) is 0 Å². The maximum atomic E-state index is 11.7. The minimum atomic E-state index is -0.498. The molecule has 1 aliphatic rings. The molecule has 0 saturated heterocycles. The number of carbonyl (C=O) groups excluding carboxylic acids is 1. The predicted octanol–water partition coefficient (Wildman–Crippen LogP) is 1.94. The largest absolute Gasteiger partial charge is 0.342 e. The second-order valence-corrected chi connectivity index (χ2v) is 4.09. The van der Waals surface area contributed by atoms with Crippen LogP contribution in [0.25, 0.3) is 0 Å². The highest BCUT2D eigenvalue weighted by atomic mass is 16.2. The Kier molecular flexibility index (Phi) is 3.94. The number of rotatable bonds is 2. The van der Waals surface area contributed by atoms with Gasteiger partial charge in [-0.2, -0.15) is 5.26 Å². The lowest BCUT2D eigenvalue weighted by Crippen LogP contribution is -2.40. The van der Waals surface area contributed by atoms with Gasteiger partial charge in [0.05, 0.1) is 6.07 Å². The van der Waals surface area contributed by atoms with Gasteiger partial charge in [0.1, 0.15) is 5.92 Å². The summed E-state index contributed by atoms with van der Waals surface area (Å²) in [4.78, 5) is 13.4. The second kappa shape index (κ2) is 4.99.